The van der Waals surface area contributed by atoms with Crippen LogP contribution in [0.2, 0.25) is 0 Å². The average molecular weight is 664 g/mol. The number of hydrogen-bond donors (Lipinski definition) is 3. The number of ether oxygens (including phenoxy) is 2. The van der Waals surface area contributed by atoms with Crippen LogP contribution in [0.25, 0.3) is 0 Å². The van der Waals surface area contributed by atoms with Crippen molar-refractivity contribution in [1.29, 1.82) is 0 Å². The summed E-state index contributed by atoms with van der Waals surface area (Å²) in [5.41, 5.74) is 5.29. The number of phosphoric ester groups is 1. The molecule has 12 heteroatoms. The Morgan fingerprint density at radius 2 is 1.11 bits per heavy atom. The van der Waals surface area contributed by atoms with Gasteiger partial charge in [0.25, 0.3) is 0 Å². The molecule has 0 bridgehead atoms. The molecule has 0 aliphatic heterocycles. The van der Waals surface area contributed by atoms with E-state index in [0.29, 0.717) is 12.8 Å². The maximum Gasteiger partial charge on any atom is 0.472 e. The van der Waals surface area contributed by atoms with Gasteiger partial charge in [-0.1, -0.05) is 109 Å². The molecule has 45 heavy (non-hydrogen) atoms. The van der Waals surface area contributed by atoms with Crippen LogP contribution in [0.3, 0.4) is 0 Å². The maximum atomic E-state index is 12.4. The van der Waals surface area contributed by atoms with E-state index in [4.69, 9.17) is 24.8 Å². The van der Waals surface area contributed by atoms with Crippen LogP contribution >= 0.6 is 7.82 Å². The van der Waals surface area contributed by atoms with Crippen LogP contribution in [0.5, 0.6) is 0 Å². The number of allylic oxidation sites excluding steroid dienone is 2. The predicted molar refractivity (Wildman–Crippen MR) is 176 cm³/mol. The van der Waals surface area contributed by atoms with Gasteiger partial charge in [0, 0.05) is 12.8 Å². The maximum absolute atomic E-state index is 12.4. The monoisotopic (exact) mass is 663 g/mol. The van der Waals surface area contributed by atoms with E-state index in [9.17, 15) is 23.8 Å². The third-order valence-corrected chi connectivity index (χ3v) is 8.21. The fraction of sp³-hybridized carbons (Fsp3) is 0.848. The predicted octanol–water partition coefficient (Wildman–Crippen LogP) is 7.78. The number of unbranched alkanes of at least 4 members (excludes halogenated alkanes) is 16. The molecule has 0 rings (SSSR count). The highest BCUT2D eigenvalue weighted by Gasteiger charge is 2.28. The Morgan fingerprint density at radius 3 is 1.67 bits per heavy atom. The molecule has 0 saturated carbocycles. The number of esters is 2. The Morgan fingerprint density at radius 1 is 0.667 bits per heavy atom. The zero-order valence-corrected chi connectivity index (χ0v) is 28.9. The van der Waals surface area contributed by atoms with Crippen LogP contribution in [0.15, 0.2) is 12.2 Å². The summed E-state index contributed by atoms with van der Waals surface area (Å²) >= 11 is 0. The molecule has 0 aromatic carbocycles. The molecular weight excluding hydrogens is 601 g/mol. The summed E-state index contributed by atoms with van der Waals surface area (Å²) in [7, 11) is -4.70. The van der Waals surface area contributed by atoms with Crippen LogP contribution < -0.4 is 5.73 Å². The molecule has 0 aromatic rings. The molecule has 4 N–H and O–H groups in total. The second-order valence-electron chi connectivity index (χ2n) is 11.7. The van der Waals surface area contributed by atoms with Gasteiger partial charge in [0.1, 0.15) is 12.6 Å². The molecule has 0 aromatic heterocycles. The largest absolute Gasteiger partial charge is 0.480 e. The number of phosphoric acid groups is 1. The van der Waals surface area contributed by atoms with Gasteiger partial charge in [-0.3, -0.25) is 23.4 Å². The Labute approximate surface area is 271 Å². The normalized spacial score (nSPS) is 14.2. The number of carbonyl (C=O) groups excluding carboxylic acids is 2. The summed E-state index contributed by atoms with van der Waals surface area (Å²) in [6, 6.07) is -1.52. The van der Waals surface area contributed by atoms with Gasteiger partial charge in [-0.2, -0.15) is 0 Å². The van der Waals surface area contributed by atoms with E-state index in [-0.39, 0.29) is 19.4 Å². The number of rotatable bonds is 32. The van der Waals surface area contributed by atoms with Crippen molar-refractivity contribution in [2.24, 2.45) is 5.73 Å². The van der Waals surface area contributed by atoms with E-state index in [0.717, 1.165) is 57.8 Å². The van der Waals surface area contributed by atoms with Crippen molar-refractivity contribution in [3.05, 3.63) is 12.2 Å². The van der Waals surface area contributed by atoms with Crippen molar-refractivity contribution in [2.75, 3.05) is 19.8 Å². The number of nitrogens with two attached hydrogens (primary N) is 1. The Bertz CT molecular complexity index is 838. The van der Waals surface area contributed by atoms with Crippen molar-refractivity contribution >= 4 is 25.7 Å². The molecule has 3 atom stereocenters. The second kappa shape index (κ2) is 29.6. The zero-order valence-electron chi connectivity index (χ0n) is 28.0. The van der Waals surface area contributed by atoms with Crippen LogP contribution in [-0.2, 0) is 37.5 Å². The van der Waals surface area contributed by atoms with Gasteiger partial charge in [-0.05, 0) is 38.5 Å². The Kier molecular flexibility index (Phi) is 28.4. The highest BCUT2D eigenvalue weighted by Crippen LogP contribution is 2.43. The number of aliphatic carboxylic acids is 1. The first kappa shape index (κ1) is 43.2. The van der Waals surface area contributed by atoms with Gasteiger partial charge < -0.3 is 25.2 Å². The third-order valence-electron chi connectivity index (χ3n) is 7.26. The van der Waals surface area contributed by atoms with Gasteiger partial charge in [0.2, 0.25) is 0 Å². The van der Waals surface area contributed by atoms with Crippen molar-refractivity contribution in [2.45, 2.75) is 161 Å². The van der Waals surface area contributed by atoms with Crippen LogP contribution in [0.4, 0.5) is 0 Å². The molecular formula is C33H62NO10P. The quantitative estimate of drug-likeness (QED) is 0.0278. The molecule has 0 aliphatic rings. The fourth-order valence-corrected chi connectivity index (χ4v) is 5.25. The van der Waals surface area contributed by atoms with Crippen LogP contribution in [0, 0.1) is 0 Å². The molecule has 0 fully saturated rings. The number of carbonyl (C=O) groups is 3. The number of carboxylic acids is 1. The van der Waals surface area contributed by atoms with E-state index in [1.165, 1.54) is 51.4 Å². The highest BCUT2D eigenvalue weighted by atomic mass is 31.2. The first-order chi connectivity index (χ1) is 21.6. The molecule has 0 aliphatic carbocycles. The molecule has 264 valence electrons. The minimum atomic E-state index is -4.70. The summed E-state index contributed by atoms with van der Waals surface area (Å²) in [5.74, 6) is -2.39. The minimum Gasteiger partial charge on any atom is -0.480 e. The molecule has 0 saturated heterocycles. The Hall–Kier alpha value is -1.78. The summed E-state index contributed by atoms with van der Waals surface area (Å²) in [6.07, 6.45) is 24.4. The van der Waals surface area contributed by atoms with E-state index >= 15 is 0 Å². The standard InChI is InChI=1S/C33H62NO10P/c1-3-5-7-9-11-13-14-15-17-18-20-22-24-31(35)41-26-29(27-42-45(39,40)43-28-30(34)33(37)38)44-32(36)25-23-21-19-16-12-10-8-6-4-2/h11,13,29-30H,3-10,12,14-28,34H2,1-2H3,(H,37,38)(H,39,40)/b13-11-/t29-,30+/m1/s1. The van der Waals surface area contributed by atoms with E-state index in [1.807, 2.05) is 0 Å². The van der Waals surface area contributed by atoms with E-state index in [1.54, 1.807) is 0 Å². The molecule has 0 heterocycles. The lowest BCUT2D eigenvalue weighted by molar-refractivity contribution is -0.161. The first-order valence-corrected chi connectivity index (χ1v) is 18.7. The molecule has 0 radical (unpaired) electrons. The Balaban J connectivity index is 4.49. The average Bonchev–Trinajstić information content (AvgIpc) is 3.00. The first-order valence-electron chi connectivity index (χ1n) is 17.2. The van der Waals surface area contributed by atoms with Gasteiger partial charge >= 0.3 is 25.7 Å². The zero-order chi connectivity index (χ0) is 33.6. The summed E-state index contributed by atoms with van der Waals surface area (Å²) in [6.45, 7) is 2.71. The van der Waals surface area contributed by atoms with Crippen molar-refractivity contribution in [3.8, 4) is 0 Å². The smallest absolute Gasteiger partial charge is 0.472 e. The van der Waals surface area contributed by atoms with Gasteiger partial charge in [-0.25, -0.2) is 4.57 Å². The fourth-order valence-electron chi connectivity index (χ4n) is 4.47. The van der Waals surface area contributed by atoms with Crippen molar-refractivity contribution < 1.29 is 47.5 Å². The molecule has 0 spiro atoms. The lowest BCUT2D eigenvalue weighted by atomic mass is 10.1. The minimum absolute atomic E-state index is 0.162. The number of hydrogen-bond acceptors (Lipinski definition) is 9. The summed E-state index contributed by atoms with van der Waals surface area (Å²) < 4.78 is 32.4. The van der Waals surface area contributed by atoms with Gasteiger partial charge in [-0.15, -0.1) is 0 Å². The molecule has 1 unspecified atom stereocenters. The topological polar surface area (TPSA) is 172 Å². The second-order valence-corrected chi connectivity index (χ2v) is 13.1. The van der Waals surface area contributed by atoms with E-state index in [2.05, 4.69) is 30.5 Å². The lowest BCUT2D eigenvalue weighted by Crippen LogP contribution is -2.34. The summed E-state index contributed by atoms with van der Waals surface area (Å²) in [4.78, 5) is 45.5. The van der Waals surface area contributed by atoms with Crippen molar-refractivity contribution in [1.82, 2.24) is 0 Å². The van der Waals surface area contributed by atoms with Gasteiger partial charge in [0.15, 0.2) is 6.10 Å². The lowest BCUT2D eigenvalue weighted by Gasteiger charge is -2.20. The third kappa shape index (κ3) is 29.4. The van der Waals surface area contributed by atoms with Gasteiger partial charge in [0.05, 0.1) is 13.2 Å². The van der Waals surface area contributed by atoms with Crippen molar-refractivity contribution in [3.63, 3.8) is 0 Å². The van der Waals surface area contributed by atoms with Crippen LogP contribution in [0.1, 0.15) is 149 Å². The SMILES string of the molecule is CCCCC/C=C\CCCCCCCC(=O)OC[C@H](COP(=O)(O)OC[C@H](N)C(=O)O)OC(=O)CCCCCCCCCCC. The summed E-state index contributed by atoms with van der Waals surface area (Å²) in [5, 5.41) is 8.82. The molecule has 0 amide bonds. The van der Waals surface area contributed by atoms with E-state index < -0.39 is 51.1 Å². The number of carboxylic acid groups (broad SMARTS) is 1. The van der Waals surface area contributed by atoms with Crippen LogP contribution in [-0.4, -0.2) is 59.9 Å². The highest BCUT2D eigenvalue weighted by molar-refractivity contribution is 7.47. The molecule has 11 nitrogen and oxygen atoms in total.